The molecule has 1 saturated heterocycles. The molecule has 146 valence electrons. The van der Waals surface area contributed by atoms with E-state index in [-0.39, 0.29) is 10.9 Å². The fourth-order valence-electron chi connectivity index (χ4n) is 2.85. The minimum atomic E-state index is -0.00162. The van der Waals surface area contributed by atoms with Gasteiger partial charge in [0.05, 0.1) is 13.7 Å². The van der Waals surface area contributed by atoms with Gasteiger partial charge in [-0.25, -0.2) is 0 Å². The zero-order valence-electron chi connectivity index (χ0n) is 16.2. The second-order valence-electron chi connectivity index (χ2n) is 6.41. The van der Waals surface area contributed by atoms with E-state index in [1.807, 2.05) is 43.0 Å². The lowest BCUT2D eigenvalue weighted by molar-refractivity contribution is 0.0782. The highest BCUT2D eigenvalue weighted by Crippen LogP contribution is 2.32. The highest BCUT2D eigenvalue weighted by atomic mass is 32.2. The Morgan fingerprint density at radius 2 is 2.04 bits per heavy atom. The molecule has 6 nitrogen and oxygen atoms in total. The van der Waals surface area contributed by atoms with Crippen LogP contribution in [0.4, 0.5) is 0 Å². The summed E-state index contributed by atoms with van der Waals surface area (Å²) < 4.78 is 16.9. The number of benzene rings is 1. The number of nitrogens with one attached hydrogen (secondary N) is 2. The van der Waals surface area contributed by atoms with Crippen LogP contribution in [-0.2, 0) is 4.74 Å². The van der Waals surface area contributed by atoms with Gasteiger partial charge >= 0.3 is 0 Å². The molecule has 1 fully saturated rings. The summed E-state index contributed by atoms with van der Waals surface area (Å²) in [6.45, 7) is 5.23. The third-order valence-corrected chi connectivity index (χ3v) is 5.99. The molecule has 0 bridgehead atoms. The van der Waals surface area contributed by atoms with E-state index in [1.54, 1.807) is 14.2 Å². The average molecular weight is 382 g/mol. The van der Waals surface area contributed by atoms with Crippen molar-refractivity contribution in [2.45, 2.75) is 30.6 Å². The zero-order chi connectivity index (χ0) is 18.8. The summed E-state index contributed by atoms with van der Waals surface area (Å²) >= 11 is 1.91. The Kier molecular flexibility index (Phi) is 8.38. The van der Waals surface area contributed by atoms with Crippen molar-refractivity contribution >= 4 is 17.7 Å². The molecule has 0 amide bonds. The summed E-state index contributed by atoms with van der Waals surface area (Å²) in [6.07, 6.45) is 4.30. The smallest absolute Gasteiger partial charge is 0.191 e. The van der Waals surface area contributed by atoms with Crippen molar-refractivity contribution in [1.29, 1.82) is 0 Å². The first-order chi connectivity index (χ1) is 12.6. The summed E-state index contributed by atoms with van der Waals surface area (Å²) in [5.41, 5.74) is 0. The lowest BCUT2D eigenvalue weighted by Gasteiger charge is -2.36. The van der Waals surface area contributed by atoms with Crippen LogP contribution in [0.25, 0.3) is 0 Å². The van der Waals surface area contributed by atoms with E-state index < -0.39 is 0 Å². The van der Waals surface area contributed by atoms with Crippen molar-refractivity contribution in [2.75, 3.05) is 46.7 Å². The molecule has 26 heavy (non-hydrogen) atoms. The monoisotopic (exact) mass is 381 g/mol. The van der Waals surface area contributed by atoms with E-state index in [9.17, 15) is 0 Å². The summed E-state index contributed by atoms with van der Waals surface area (Å²) in [6, 6.07) is 7.64. The Morgan fingerprint density at radius 3 is 2.69 bits per heavy atom. The first-order valence-electron chi connectivity index (χ1n) is 8.99. The minimum absolute atomic E-state index is 0.00162. The van der Waals surface area contributed by atoms with Gasteiger partial charge in [-0.3, -0.25) is 4.99 Å². The number of rotatable bonds is 8. The van der Waals surface area contributed by atoms with Crippen molar-refractivity contribution in [1.82, 2.24) is 10.6 Å². The van der Waals surface area contributed by atoms with Crippen molar-refractivity contribution in [3.8, 4) is 11.5 Å². The molecule has 2 N–H and O–H groups in total. The maximum Gasteiger partial charge on any atom is 0.191 e. The normalized spacial score (nSPS) is 18.1. The van der Waals surface area contributed by atoms with Crippen molar-refractivity contribution in [3.05, 3.63) is 24.3 Å². The van der Waals surface area contributed by atoms with Gasteiger partial charge in [-0.05, 0) is 38.2 Å². The second kappa shape index (κ2) is 10.5. The summed E-state index contributed by atoms with van der Waals surface area (Å²) in [5.74, 6) is 2.38. The van der Waals surface area contributed by atoms with Crippen LogP contribution in [0.15, 0.2) is 29.3 Å². The Balaban J connectivity index is 1.78. The van der Waals surface area contributed by atoms with Crippen LogP contribution in [0.1, 0.15) is 19.8 Å². The van der Waals surface area contributed by atoms with E-state index in [4.69, 9.17) is 14.2 Å². The topological polar surface area (TPSA) is 64.1 Å². The van der Waals surface area contributed by atoms with Crippen LogP contribution in [0.3, 0.4) is 0 Å². The molecule has 1 heterocycles. The van der Waals surface area contributed by atoms with Gasteiger partial charge in [0.15, 0.2) is 5.96 Å². The highest BCUT2D eigenvalue weighted by molar-refractivity contribution is 8.00. The molecule has 0 saturated carbocycles. The summed E-state index contributed by atoms with van der Waals surface area (Å²) in [5, 5.41) is 6.80. The van der Waals surface area contributed by atoms with E-state index in [0.717, 1.165) is 50.1 Å². The number of aliphatic imine (C=N–C) groups is 1. The molecule has 2 rings (SSSR count). The van der Waals surface area contributed by atoms with Crippen LogP contribution in [0, 0.1) is 0 Å². The van der Waals surface area contributed by atoms with Crippen molar-refractivity contribution in [2.24, 2.45) is 4.99 Å². The Labute approximate surface area is 161 Å². The minimum Gasteiger partial charge on any atom is -0.497 e. The number of nitrogens with zero attached hydrogens (tertiary/aromatic N) is 1. The van der Waals surface area contributed by atoms with Gasteiger partial charge in [0.1, 0.15) is 17.6 Å². The van der Waals surface area contributed by atoms with E-state index in [0.29, 0.717) is 6.54 Å². The highest BCUT2D eigenvalue weighted by Gasteiger charge is 2.31. The first kappa shape index (κ1) is 20.7. The van der Waals surface area contributed by atoms with Crippen LogP contribution in [-0.4, -0.2) is 63.5 Å². The van der Waals surface area contributed by atoms with E-state index in [1.165, 1.54) is 0 Å². The summed E-state index contributed by atoms with van der Waals surface area (Å²) in [7, 11) is 3.44. The maximum absolute atomic E-state index is 5.94. The maximum atomic E-state index is 5.94. The molecule has 0 radical (unpaired) electrons. The van der Waals surface area contributed by atoms with E-state index >= 15 is 0 Å². The standard InChI is InChI=1S/C19H31N3O3S/c1-15(25-17-7-5-6-16(12-17)23-3)13-21-18(20-2)22-14-19(26-4)8-10-24-11-9-19/h5-7,12,15H,8-11,13-14H2,1-4H3,(H2,20,21,22). The molecular weight excluding hydrogens is 350 g/mol. The fourth-order valence-corrected chi connectivity index (χ4v) is 3.64. The number of hydrogen-bond donors (Lipinski definition) is 2. The molecule has 1 aromatic carbocycles. The third kappa shape index (κ3) is 6.29. The zero-order valence-corrected chi connectivity index (χ0v) is 17.0. The molecule has 0 aromatic heterocycles. The molecule has 1 aliphatic rings. The molecule has 1 unspecified atom stereocenters. The number of ether oxygens (including phenoxy) is 3. The predicted molar refractivity (Wildman–Crippen MR) is 109 cm³/mol. The quantitative estimate of drug-likeness (QED) is 0.533. The van der Waals surface area contributed by atoms with Gasteiger partial charge in [0, 0.05) is 37.6 Å². The molecular formula is C19H31N3O3S. The van der Waals surface area contributed by atoms with Gasteiger partial charge in [-0.1, -0.05) is 6.07 Å². The number of thioether (sulfide) groups is 1. The van der Waals surface area contributed by atoms with Crippen LogP contribution in [0.2, 0.25) is 0 Å². The van der Waals surface area contributed by atoms with Crippen LogP contribution < -0.4 is 20.1 Å². The van der Waals surface area contributed by atoms with Gasteiger partial charge in [-0.15, -0.1) is 0 Å². The lowest BCUT2D eigenvalue weighted by atomic mass is 9.99. The lowest BCUT2D eigenvalue weighted by Crippen LogP contribution is -2.49. The predicted octanol–water partition coefficient (Wildman–Crippen LogP) is 2.54. The molecule has 0 aliphatic carbocycles. The van der Waals surface area contributed by atoms with Crippen molar-refractivity contribution in [3.63, 3.8) is 0 Å². The second-order valence-corrected chi connectivity index (χ2v) is 7.69. The fraction of sp³-hybridized carbons (Fsp3) is 0.632. The van der Waals surface area contributed by atoms with E-state index in [2.05, 4.69) is 21.9 Å². The van der Waals surface area contributed by atoms with Crippen molar-refractivity contribution < 1.29 is 14.2 Å². The largest absolute Gasteiger partial charge is 0.497 e. The van der Waals surface area contributed by atoms with Gasteiger partial charge in [0.2, 0.25) is 0 Å². The SMILES string of the molecule is CN=C(NCC(C)Oc1cccc(OC)c1)NCC1(SC)CCOCC1. The van der Waals surface area contributed by atoms with Crippen LogP contribution >= 0.6 is 11.8 Å². The van der Waals surface area contributed by atoms with Crippen LogP contribution in [0.5, 0.6) is 11.5 Å². The Hall–Kier alpha value is -1.60. The molecule has 7 heteroatoms. The number of methoxy groups -OCH3 is 1. The third-order valence-electron chi connectivity index (χ3n) is 4.57. The molecule has 0 spiro atoms. The molecule has 1 aliphatic heterocycles. The van der Waals surface area contributed by atoms with Gasteiger partial charge in [-0.2, -0.15) is 11.8 Å². The number of guanidine groups is 1. The van der Waals surface area contributed by atoms with Gasteiger partial charge in [0.25, 0.3) is 0 Å². The first-order valence-corrected chi connectivity index (χ1v) is 10.2. The van der Waals surface area contributed by atoms with Gasteiger partial charge < -0.3 is 24.8 Å². The molecule has 1 atom stereocenters. The summed E-state index contributed by atoms with van der Waals surface area (Å²) in [4.78, 5) is 4.32. The Morgan fingerprint density at radius 1 is 1.31 bits per heavy atom. The number of hydrogen-bond acceptors (Lipinski definition) is 5. The Bertz CT molecular complexity index is 577. The average Bonchev–Trinajstić information content (AvgIpc) is 2.69. The molecule has 1 aromatic rings.